The van der Waals surface area contributed by atoms with Crippen LogP contribution in [0.5, 0.6) is 11.5 Å². The lowest BCUT2D eigenvalue weighted by atomic mass is 9.88. The van der Waals surface area contributed by atoms with E-state index in [0.717, 1.165) is 33.5 Å². The fourth-order valence-corrected chi connectivity index (χ4v) is 5.08. The SMILES string of the molecule is Nc1nccc2ccc(C3CCN(C(=O)c4cc(OC(=O)C(F)(F)F)c(-c5cccnc5)c(OC(=O)C(F)(F)F)c4F)CC3)cc12. The zero-order valence-electron chi connectivity index (χ0n) is 23.3. The average Bonchev–Trinajstić information content (AvgIpc) is 3.01. The summed E-state index contributed by atoms with van der Waals surface area (Å²) in [6.07, 6.45) is -6.96. The van der Waals surface area contributed by atoms with Crippen LogP contribution in [-0.2, 0) is 9.59 Å². The Kier molecular flexibility index (Phi) is 8.56. The molecular formula is C30H21F7N4O5. The molecule has 1 aliphatic heterocycles. The number of alkyl halides is 6. The zero-order valence-corrected chi connectivity index (χ0v) is 23.3. The maximum absolute atomic E-state index is 16.0. The number of nitrogens with two attached hydrogens (primary N) is 1. The lowest BCUT2D eigenvalue weighted by Gasteiger charge is -2.33. The first-order valence-electron chi connectivity index (χ1n) is 13.4. The Hall–Kier alpha value is -5.28. The van der Waals surface area contributed by atoms with E-state index >= 15 is 4.39 Å². The molecule has 9 nitrogen and oxygen atoms in total. The van der Waals surface area contributed by atoms with E-state index in [1.165, 1.54) is 12.3 Å². The third-order valence-corrected chi connectivity index (χ3v) is 7.30. The number of piperidine rings is 1. The van der Waals surface area contributed by atoms with E-state index in [1.54, 1.807) is 12.3 Å². The van der Waals surface area contributed by atoms with Gasteiger partial charge in [0, 0.05) is 42.6 Å². The lowest BCUT2D eigenvalue weighted by Crippen LogP contribution is -2.38. The Morgan fingerprint density at radius 3 is 2.20 bits per heavy atom. The molecule has 1 aliphatic rings. The lowest BCUT2D eigenvalue weighted by molar-refractivity contribution is -0.190. The molecule has 0 unspecified atom stereocenters. The number of fused-ring (bicyclic) bond motifs is 1. The molecule has 1 amide bonds. The monoisotopic (exact) mass is 650 g/mol. The number of hydrogen-bond acceptors (Lipinski definition) is 8. The van der Waals surface area contributed by atoms with E-state index in [1.807, 2.05) is 18.2 Å². The molecule has 0 atom stereocenters. The number of hydrogen-bond donors (Lipinski definition) is 1. The standard InChI is InChI=1S/C30H21F7N4O5/c31-23-20(26(42)41-10-6-15(7-11-41)17-4-3-16-5-9-40-25(38)19(16)12-17)13-21(45-27(43)29(32,33)34)22(18-2-1-8-39-14-18)24(23)46-28(44)30(35,36)37/h1-5,8-9,12-15H,6-7,10-11H2,(H2,38,40). The summed E-state index contributed by atoms with van der Waals surface area (Å²) >= 11 is 0. The first kappa shape index (κ1) is 32.1. The van der Waals surface area contributed by atoms with Gasteiger partial charge in [-0.1, -0.05) is 18.2 Å². The minimum absolute atomic E-state index is 0.00317. The number of carbonyl (C=O) groups excluding carboxylic acids is 3. The maximum atomic E-state index is 16.0. The van der Waals surface area contributed by atoms with Crippen LogP contribution in [0.25, 0.3) is 21.9 Å². The summed E-state index contributed by atoms with van der Waals surface area (Å²) < 4.78 is 104. The van der Waals surface area contributed by atoms with Gasteiger partial charge in [-0.25, -0.2) is 19.0 Å². The Bertz CT molecular complexity index is 1820. The molecule has 2 N–H and O–H groups in total. The molecule has 46 heavy (non-hydrogen) atoms. The highest BCUT2D eigenvalue weighted by Gasteiger charge is 2.45. The van der Waals surface area contributed by atoms with Crippen molar-refractivity contribution in [2.24, 2.45) is 0 Å². The number of nitrogens with zero attached hydrogens (tertiary/aromatic N) is 3. The smallest absolute Gasteiger partial charge is 0.419 e. The number of nitrogen functional groups attached to an aromatic ring is 1. The number of aromatic nitrogens is 2. The summed E-state index contributed by atoms with van der Waals surface area (Å²) in [6.45, 7) is 0.00635. The number of pyridine rings is 2. The molecule has 0 aliphatic carbocycles. The van der Waals surface area contributed by atoms with Crippen molar-refractivity contribution >= 4 is 34.4 Å². The van der Waals surface area contributed by atoms with Crippen molar-refractivity contribution in [2.75, 3.05) is 18.8 Å². The third-order valence-electron chi connectivity index (χ3n) is 7.30. The molecule has 0 spiro atoms. The molecule has 240 valence electrons. The van der Waals surface area contributed by atoms with Crippen molar-refractivity contribution in [1.82, 2.24) is 14.9 Å². The predicted octanol–water partition coefficient (Wildman–Crippen LogP) is 5.97. The van der Waals surface area contributed by atoms with Crippen LogP contribution in [0, 0.1) is 5.82 Å². The molecule has 4 aromatic rings. The van der Waals surface area contributed by atoms with E-state index in [9.17, 15) is 40.7 Å². The number of ether oxygens (including phenoxy) is 2. The van der Waals surface area contributed by atoms with Gasteiger partial charge in [0.05, 0.1) is 11.1 Å². The minimum atomic E-state index is -5.67. The molecule has 0 bridgehead atoms. The van der Waals surface area contributed by atoms with E-state index in [0.29, 0.717) is 24.7 Å². The molecule has 2 aromatic carbocycles. The third kappa shape index (κ3) is 6.55. The van der Waals surface area contributed by atoms with Crippen molar-refractivity contribution in [3.63, 3.8) is 0 Å². The Labute approximate surface area is 254 Å². The van der Waals surface area contributed by atoms with E-state index in [-0.39, 0.29) is 24.6 Å². The van der Waals surface area contributed by atoms with E-state index < -0.39 is 58.6 Å². The van der Waals surface area contributed by atoms with Gasteiger partial charge >= 0.3 is 24.3 Å². The van der Waals surface area contributed by atoms with Crippen LogP contribution in [0.3, 0.4) is 0 Å². The summed E-state index contributed by atoms with van der Waals surface area (Å²) in [7, 11) is 0. The summed E-state index contributed by atoms with van der Waals surface area (Å²) in [4.78, 5) is 46.0. The molecule has 5 rings (SSSR count). The number of halogens is 7. The molecule has 1 fully saturated rings. The second-order valence-electron chi connectivity index (χ2n) is 10.2. The highest BCUT2D eigenvalue weighted by molar-refractivity contribution is 5.99. The quantitative estimate of drug-likeness (QED) is 0.159. The number of amides is 1. The van der Waals surface area contributed by atoms with Crippen LogP contribution in [0.1, 0.15) is 34.7 Å². The highest BCUT2D eigenvalue weighted by Crippen LogP contribution is 2.44. The molecule has 3 heterocycles. The van der Waals surface area contributed by atoms with Gasteiger partial charge < -0.3 is 20.1 Å². The van der Waals surface area contributed by atoms with Crippen LogP contribution < -0.4 is 15.2 Å². The number of carbonyl (C=O) groups is 3. The van der Waals surface area contributed by atoms with Gasteiger partial charge in [-0.15, -0.1) is 0 Å². The van der Waals surface area contributed by atoms with Crippen molar-refractivity contribution < 1.29 is 54.6 Å². The fourth-order valence-electron chi connectivity index (χ4n) is 5.08. The predicted molar refractivity (Wildman–Crippen MR) is 147 cm³/mol. The number of likely N-dealkylation sites (tertiary alicyclic amines) is 1. The van der Waals surface area contributed by atoms with Gasteiger partial charge in [0.25, 0.3) is 5.91 Å². The first-order valence-corrected chi connectivity index (χ1v) is 13.4. The average molecular weight is 651 g/mol. The Morgan fingerprint density at radius 1 is 0.891 bits per heavy atom. The summed E-state index contributed by atoms with van der Waals surface area (Å²) in [5.41, 5.74) is 4.40. The minimum Gasteiger partial charge on any atom is -0.419 e. The first-order chi connectivity index (χ1) is 21.6. The summed E-state index contributed by atoms with van der Waals surface area (Å²) in [6, 6.07) is 10.1. The number of anilines is 1. The topological polar surface area (TPSA) is 125 Å². The number of esters is 2. The van der Waals surface area contributed by atoms with Crippen molar-refractivity contribution in [3.8, 4) is 22.6 Å². The second kappa shape index (κ2) is 12.3. The van der Waals surface area contributed by atoms with Crippen LogP contribution in [-0.4, -0.2) is 58.2 Å². The van der Waals surface area contributed by atoms with Gasteiger partial charge in [0.1, 0.15) is 11.6 Å². The van der Waals surface area contributed by atoms with Crippen molar-refractivity contribution in [2.45, 2.75) is 31.1 Å². The maximum Gasteiger partial charge on any atom is 0.491 e. The van der Waals surface area contributed by atoms with Crippen LogP contribution in [0.15, 0.2) is 61.1 Å². The summed E-state index contributed by atoms with van der Waals surface area (Å²) in [5, 5.41) is 1.58. The summed E-state index contributed by atoms with van der Waals surface area (Å²) in [5.74, 6) is -11.3. The Balaban J connectivity index is 1.52. The number of benzene rings is 2. The molecule has 0 radical (unpaired) electrons. The van der Waals surface area contributed by atoms with Gasteiger partial charge in [-0.2, -0.15) is 26.3 Å². The van der Waals surface area contributed by atoms with Crippen molar-refractivity contribution in [1.29, 1.82) is 0 Å². The van der Waals surface area contributed by atoms with Crippen LogP contribution in [0.4, 0.5) is 36.6 Å². The molecule has 2 aromatic heterocycles. The van der Waals surface area contributed by atoms with E-state index in [2.05, 4.69) is 19.4 Å². The molecular weight excluding hydrogens is 629 g/mol. The normalized spacial score (nSPS) is 14.3. The van der Waals surface area contributed by atoms with Crippen LogP contribution in [0.2, 0.25) is 0 Å². The Morgan fingerprint density at radius 2 is 1.57 bits per heavy atom. The molecule has 0 saturated carbocycles. The second-order valence-corrected chi connectivity index (χ2v) is 10.2. The van der Waals surface area contributed by atoms with Crippen LogP contribution >= 0.6 is 0 Å². The fraction of sp³-hybridized carbons (Fsp3) is 0.233. The van der Waals surface area contributed by atoms with E-state index in [4.69, 9.17) is 5.73 Å². The molecule has 16 heteroatoms. The van der Waals surface area contributed by atoms with Gasteiger partial charge in [-0.3, -0.25) is 9.78 Å². The van der Waals surface area contributed by atoms with Gasteiger partial charge in [0.2, 0.25) is 0 Å². The van der Waals surface area contributed by atoms with Gasteiger partial charge in [0.15, 0.2) is 11.6 Å². The van der Waals surface area contributed by atoms with Crippen molar-refractivity contribution in [3.05, 3.63) is 78.0 Å². The van der Waals surface area contributed by atoms with Gasteiger partial charge in [-0.05, 0) is 54.0 Å². The molecule has 1 saturated heterocycles. The highest BCUT2D eigenvalue weighted by atomic mass is 19.4. The largest absolute Gasteiger partial charge is 0.491 e. The zero-order chi connectivity index (χ0) is 33.4. The number of rotatable bonds is 5.